The monoisotopic (exact) mass is 349 g/mol. The minimum absolute atomic E-state index is 0.0373. The Hall–Kier alpha value is -2.64. The van der Waals surface area contributed by atoms with Gasteiger partial charge in [-0.05, 0) is 39.3 Å². The number of halogens is 1. The summed E-state index contributed by atoms with van der Waals surface area (Å²) in [5.74, 6) is 0.0231. The van der Waals surface area contributed by atoms with E-state index >= 15 is 0 Å². The lowest BCUT2D eigenvalue weighted by Crippen LogP contribution is -2.47. The normalized spacial score (nSPS) is 17.2. The molecule has 1 aromatic carbocycles. The molecular weight excluding hydrogens is 329 g/mol. The van der Waals surface area contributed by atoms with E-state index in [-0.39, 0.29) is 17.7 Å². The first-order valence-corrected chi connectivity index (χ1v) is 7.96. The van der Waals surface area contributed by atoms with Crippen molar-refractivity contribution >= 4 is 6.09 Å². The summed E-state index contributed by atoms with van der Waals surface area (Å²) >= 11 is 0. The number of ether oxygens (including phenoxy) is 2. The molecule has 1 aliphatic rings. The summed E-state index contributed by atoms with van der Waals surface area (Å²) in [7, 11) is 1.37. The van der Waals surface area contributed by atoms with Gasteiger partial charge in [0.1, 0.15) is 11.6 Å². The van der Waals surface area contributed by atoms with Gasteiger partial charge in [-0.1, -0.05) is 11.2 Å². The van der Waals surface area contributed by atoms with E-state index in [1.165, 1.54) is 19.2 Å². The van der Waals surface area contributed by atoms with Crippen LogP contribution in [0.2, 0.25) is 0 Å². The summed E-state index contributed by atoms with van der Waals surface area (Å²) in [6, 6.07) is 4.14. The lowest BCUT2D eigenvalue weighted by molar-refractivity contribution is -0.00772. The summed E-state index contributed by atoms with van der Waals surface area (Å²) in [6.45, 7) is 5.99. The van der Waals surface area contributed by atoms with Gasteiger partial charge in [-0.25, -0.2) is 9.18 Å². The predicted molar refractivity (Wildman–Crippen MR) is 86.5 cm³/mol. The second-order valence-electron chi connectivity index (χ2n) is 6.76. The molecule has 1 atom stereocenters. The van der Waals surface area contributed by atoms with Crippen LogP contribution in [-0.4, -0.2) is 40.4 Å². The highest BCUT2D eigenvalue weighted by atomic mass is 19.1. The molecule has 25 heavy (non-hydrogen) atoms. The molecule has 1 saturated heterocycles. The third-order valence-corrected chi connectivity index (χ3v) is 3.79. The van der Waals surface area contributed by atoms with Gasteiger partial charge in [-0.3, -0.25) is 4.90 Å². The predicted octanol–water partition coefficient (Wildman–Crippen LogP) is 3.57. The molecule has 3 rings (SSSR count). The van der Waals surface area contributed by atoms with E-state index < -0.39 is 17.5 Å². The molecule has 0 saturated carbocycles. The number of para-hydroxylation sites is 1. The van der Waals surface area contributed by atoms with Gasteiger partial charge in [-0.15, -0.1) is 0 Å². The van der Waals surface area contributed by atoms with Crippen molar-refractivity contribution in [3.63, 3.8) is 0 Å². The van der Waals surface area contributed by atoms with Crippen LogP contribution >= 0.6 is 0 Å². The Labute approximate surface area is 144 Å². The first kappa shape index (κ1) is 17.2. The van der Waals surface area contributed by atoms with Crippen molar-refractivity contribution in [1.29, 1.82) is 0 Å². The summed E-state index contributed by atoms with van der Waals surface area (Å²) in [6.07, 6.45) is 0.289. The molecule has 8 heteroatoms. The fourth-order valence-corrected chi connectivity index (χ4v) is 2.56. The van der Waals surface area contributed by atoms with E-state index in [1.807, 2.05) is 20.8 Å². The van der Waals surface area contributed by atoms with Crippen LogP contribution in [0.25, 0.3) is 11.5 Å². The van der Waals surface area contributed by atoms with Crippen molar-refractivity contribution in [2.45, 2.75) is 38.8 Å². The van der Waals surface area contributed by atoms with E-state index in [4.69, 9.17) is 14.0 Å². The quantitative estimate of drug-likeness (QED) is 0.843. The van der Waals surface area contributed by atoms with Crippen LogP contribution in [0.4, 0.5) is 9.18 Å². The van der Waals surface area contributed by atoms with Gasteiger partial charge in [0.05, 0.1) is 12.7 Å². The van der Waals surface area contributed by atoms with Gasteiger partial charge in [0.25, 0.3) is 5.89 Å². The number of carbonyl (C=O) groups excluding carboxylic acids is 1. The molecule has 1 amide bonds. The van der Waals surface area contributed by atoms with Crippen molar-refractivity contribution in [2.75, 3.05) is 13.7 Å². The number of amides is 1. The number of likely N-dealkylation sites (tertiary alicyclic amines) is 1. The van der Waals surface area contributed by atoms with Crippen LogP contribution < -0.4 is 4.74 Å². The SMILES string of the molecule is COc1c(F)cccc1-c1nc(C2CCN2C(=O)OC(C)(C)C)no1. The molecular formula is C17H20FN3O4. The number of hydrogen-bond acceptors (Lipinski definition) is 6. The Bertz CT molecular complexity index is 784. The average molecular weight is 349 g/mol. The molecule has 0 radical (unpaired) electrons. The molecule has 0 aliphatic carbocycles. The van der Waals surface area contributed by atoms with Crippen LogP contribution in [0.3, 0.4) is 0 Å². The minimum atomic E-state index is -0.575. The van der Waals surface area contributed by atoms with Crippen molar-refractivity contribution in [1.82, 2.24) is 15.0 Å². The molecule has 1 aliphatic heterocycles. The first-order valence-electron chi connectivity index (χ1n) is 7.96. The molecule has 7 nitrogen and oxygen atoms in total. The molecule has 0 N–H and O–H groups in total. The maximum Gasteiger partial charge on any atom is 0.410 e. The molecule has 1 aromatic heterocycles. The lowest BCUT2D eigenvalue weighted by atomic mass is 10.0. The van der Waals surface area contributed by atoms with Gasteiger partial charge < -0.3 is 14.0 Å². The summed E-state index contributed by atoms with van der Waals surface area (Å²) < 4.78 is 29.5. The maximum atomic E-state index is 13.8. The second-order valence-corrected chi connectivity index (χ2v) is 6.76. The van der Waals surface area contributed by atoms with E-state index in [9.17, 15) is 9.18 Å². The Morgan fingerprint density at radius 2 is 2.16 bits per heavy atom. The molecule has 1 fully saturated rings. The topological polar surface area (TPSA) is 77.7 Å². The van der Waals surface area contributed by atoms with Crippen LogP contribution in [0, 0.1) is 5.82 Å². The number of carbonyl (C=O) groups is 1. The highest BCUT2D eigenvalue weighted by Crippen LogP contribution is 2.36. The second kappa shape index (κ2) is 6.34. The largest absolute Gasteiger partial charge is 0.493 e. The fourth-order valence-electron chi connectivity index (χ4n) is 2.56. The van der Waals surface area contributed by atoms with Crippen LogP contribution in [0.1, 0.15) is 39.1 Å². The lowest BCUT2D eigenvalue weighted by Gasteiger charge is -2.39. The van der Waals surface area contributed by atoms with Crippen LogP contribution in [-0.2, 0) is 4.74 Å². The van der Waals surface area contributed by atoms with E-state index in [2.05, 4.69) is 10.1 Å². The first-order chi connectivity index (χ1) is 11.8. The minimum Gasteiger partial charge on any atom is -0.493 e. The highest BCUT2D eigenvalue weighted by molar-refractivity contribution is 5.70. The summed E-state index contributed by atoms with van der Waals surface area (Å²) in [5, 5.41) is 3.94. The number of hydrogen-bond donors (Lipinski definition) is 0. The molecule has 2 heterocycles. The third-order valence-electron chi connectivity index (χ3n) is 3.79. The Morgan fingerprint density at radius 3 is 2.76 bits per heavy atom. The summed E-state index contributed by atoms with van der Waals surface area (Å²) in [5.41, 5.74) is -0.210. The molecule has 2 aromatic rings. The average Bonchev–Trinajstić information content (AvgIpc) is 2.92. The zero-order valence-corrected chi connectivity index (χ0v) is 14.6. The van der Waals surface area contributed by atoms with E-state index in [0.717, 1.165) is 0 Å². The Kier molecular flexibility index (Phi) is 4.36. The smallest absolute Gasteiger partial charge is 0.410 e. The molecule has 1 unspecified atom stereocenters. The van der Waals surface area contributed by atoms with Gasteiger partial charge in [0.15, 0.2) is 17.4 Å². The number of benzene rings is 1. The zero-order chi connectivity index (χ0) is 18.2. The van der Waals surface area contributed by atoms with E-state index in [1.54, 1.807) is 11.0 Å². The molecule has 134 valence electrons. The van der Waals surface area contributed by atoms with Gasteiger partial charge >= 0.3 is 6.09 Å². The number of nitrogens with zero attached hydrogens (tertiary/aromatic N) is 3. The maximum absolute atomic E-state index is 13.8. The summed E-state index contributed by atoms with van der Waals surface area (Å²) in [4.78, 5) is 18.0. The van der Waals surface area contributed by atoms with Crippen molar-refractivity contribution in [3.05, 3.63) is 29.8 Å². The Morgan fingerprint density at radius 1 is 1.40 bits per heavy atom. The van der Waals surface area contributed by atoms with E-state index in [0.29, 0.717) is 24.4 Å². The standard InChI is InChI=1S/C17H20FN3O4/c1-17(2,3)24-16(22)21-9-8-12(21)14-19-15(25-20-14)10-6-5-7-11(18)13(10)23-4/h5-7,12H,8-9H2,1-4H3. The van der Waals surface area contributed by atoms with Crippen molar-refractivity contribution in [3.8, 4) is 17.2 Å². The Balaban J connectivity index is 1.81. The van der Waals surface area contributed by atoms with Gasteiger partial charge in [0, 0.05) is 6.54 Å². The van der Waals surface area contributed by atoms with Crippen molar-refractivity contribution in [2.24, 2.45) is 0 Å². The number of methoxy groups -OCH3 is 1. The molecule has 0 bridgehead atoms. The van der Waals surface area contributed by atoms with Crippen molar-refractivity contribution < 1.29 is 23.2 Å². The highest BCUT2D eigenvalue weighted by Gasteiger charge is 2.39. The number of rotatable bonds is 3. The third kappa shape index (κ3) is 3.42. The van der Waals surface area contributed by atoms with Crippen LogP contribution in [0.15, 0.2) is 22.7 Å². The van der Waals surface area contributed by atoms with Gasteiger partial charge in [0.2, 0.25) is 0 Å². The number of aromatic nitrogens is 2. The van der Waals surface area contributed by atoms with Gasteiger partial charge in [-0.2, -0.15) is 4.98 Å². The molecule has 0 spiro atoms. The fraction of sp³-hybridized carbons (Fsp3) is 0.471. The van der Waals surface area contributed by atoms with Crippen LogP contribution in [0.5, 0.6) is 5.75 Å². The zero-order valence-electron chi connectivity index (χ0n) is 14.6.